The first-order chi connectivity index (χ1) is 29.6. The van der Waals surface area contributed by atoms with Crippen LogP contribution in [0.1, 0.15) is 219 Å². The van der Waals surface area contributed by atoms with Crippen molar-refractivity contribution in [2.24, 2.45) is 0 Å². The molecule has 0 saturated heterocycles. The van der Waals surface area contributed by atoms with Gasteiger partial charge >= 0.3 is 11.9 Å². The Kier molecular flexibility index (Phi) is 42.0. The lowest BCUT2D eigenvalue weighted by Gasteiger charge is -2.34. The van der Waals surface area contributed by atoms with E-state index < -0.39 is 18.1 Å². The SMILES string of the molecule is CCCCC/C=C/C=C/CCCCCCCCCCCCC(=O)OC(COCCC(C(=O)[O-])[N+](C)(C)C)COC(=O)CCCCCCC/C=C/C=C/CCCCCCCCC. The number of hydrogen-bond donors (Lipinski definition) is 0. The van der Waals surface area contributed by atoms with Crippen LogP contribution in [0, 0.1) is 0 Å². The maximum absolute atomic E-state index is 12.8. The van der Waals surface area contributed by atoms with Crippen molar-refractivity contribution >= 4 is 17.9 Å². The number of ether oxygens (including phenoxy) is 3. The van der Waals surface area contributed by atoms with Gasteiger partial charge in [0.15, 0.2) is 6.10 Å². The molecule has 0 aromatic heterocycles. The van der Waals surface area contributed by atoms with Crippen LogP contribution in [0.4, 0.5) is 0 Å². The molecule has 2 atom stereocenters. The first-order valence-corrected chi connectivity index (χ1v) is 25.2. The number of carbonyl (C=O) groups is 3. The number of esters is 2. The minimum atomic E-state index is -1.13. The molecule has 8 heteroatoms. The second-order valence-corrected chi connectivity index (χ2v) is 18.1. The van der Waals surface area contributed by atoms with Crippen LogP contribution in [-0.2, 0) is 28.6 Å². The van der Waals surface area contributed by atoms with Gasteiger partial charge in [0.2, 0.25) is 0 Å². The molecule has 0 heterocycles. The van der Waals surface area contributed by atoms with E-state index in [-0.39, 0.29) is 42.7 Å². The summed E-state index contributed by atoms with van der Waals surface area (Å²) in [6.07, 6.45) is 52.7. The Labute approximate surface area is 376 Å². The highest BCUT2D eigenvalue weighted by Gasteiger charge is 2.25. The molecular formula is C53H95NO7. The average molecular weight is 858 g/mol. The molecule has 8 nitrogen and oxygen atoms in total. The Hall–Kier alpha value is -2.71. The van der Waals surface area contributed by atoms with E-state index in [1.165, 1.54) is 128 Å². The average Bonchev–Trinajstić information content (AvgIpc) is 3.22. The van der Waals surface area contributed by atoms with Gasteiger partial charge in [-0.1, -0.05) is 184 Å². The van der Waals surface area contributed by atoms with Crippen LogP contribution in [0.3, 0.4) is 0 Å². The molecule has 0 N–H and O–H groups in total. The van der Waals surface area contributed by atoms with Crippen LogP contribution in [0.5, 0.6) is 0 Å². The van der Waals surface area contributed by atoms with Crippen LogP contribution < -0.4 is 5.11 Å². The number of nitrogens with zero attached hydrogens (tertiary/aromatic N) is 1. The first kappa shape index (κ1) is 58.3. The van der Waals surface area contributed by atoms with E-state index in [0.29, 0.717) is 12.8 Å². The quantitative estimate of drug-likeness (QED) is 0.0260. The molecule has 0 amide bonds. The number of carboxylic acid groups (broad SMARTS) is 1. The minimum absolute atomic E-state index is 0.0343. The molecule has 61 heavy (non-hydrogen) atoms. The second-order valence-electron chi connectivity index (χ2n) is 18.1. The van der Waals surface area contributed by atoms with Gasteiger partial charge in [-0.25, -0.2) is 0 Å². The Balaban J connectivity index is 4.30. The largest absolute Gasteiger partial charge is 0.544 e. The molecule has 0 aromatic rings. The molecule has 0 radical (unpaired) electrons. The predicted octanol–water partition coefficient (Wildman–Crippen LogP) is 13.0. The number of quaternary nitrogens is 1. The Morgan fingerprint density at radius 2 is 0.852 bits per heavy atom. The van der Waals surface area contributed by atoms with E-state index in [0.717, 1.165) is 57.8 Å². The van der Waals surface area contributed by atoms with Gasteiger partial charge in [-0.3, -0.25) is 9.59 Å². The van der Waals surface area contributed by atoms with Crippen LogP contribution in [0.15, 0.2) is 48.6 Å². The third kappa shape index (κ3) is 42.4. The molecule has 354 valence electrons. The fourth-order valence-corrected chi connectivity index (χ4v) is 7.29. The van der Waals surface area contributed by atoms with Gasteiger partial charge in [0.25, 0.3) is 0 Å². The number of hydrogen-bond acceptors (Lipinski definition) is 7. The van der Waals surface area contributed by atoms with Crippen LogP contribution in [0.25, 0.3) is 0 Å². The number of rotatable bonds is 45. The molecule has 0 aromatic carbocycles. The molecule has 0 fully saturated rings. The van der Waals surface area contributed by atoms with Crippen molar-refractivity contribution in [3.05, 3.63) is 48.6 Å². The molecule has 2 unspecified atom stereocenters. The second kappa shape index (κ2) is 43.9. The van der Waals surface area contributed by atoms with Gasteiger partial charge in [-0.2, -0.15) is 0 Å². The Morgan fingerprint density at radius 1 is 0.492 bits per heavy atom. The number of likely N-dealkylation sites (N-methyl/N-ethyl adjacent to an activating group) is 1. The lowest BCUT2D eigenvalue weighted by atomic mass is 10.1. The van der Waals surface area contributed by atoms with Gasteiger partial charge in [0, 0.05) is 19.3 Å². The van der Waals surface area contributed by atoms with E-state index in [2.05, 4.69) is 62.5 Å². The first-order valence-electron chi connectivity index (χ1n) is 25.2. The molecule has 0 aliphatic rings. The Bertz CT molecular complexity index is 1140. The van der Waals surface area contributed by atoms with E-state index in [1.54, 1.807) is 21.1 Å². The van der Waals surface area contributed by atoms with Crippen molar-refractivity contribution in [1.29, 1.82) is 0 Å². The summed E-state index contributed by atoms with van der Waals surface area (Å²) in [6, 6.07) is -0.730. The van der Waals surface area contributed by atoms with E-state index >= 15 is 0 Å². The van der Waals surface area contributed by atoms with Crippen molar-refractivity contribution in [3.63, 3.8) is 0 Å². The molecule has 0 aliphatic heterocycles. The summed E-state index contributed by atoms with van der Waals surface area (Å²) in [5, 5.41) is 11.7. The van der Waals surface area contributed by atoms with Crippen molar-refractivity contribution in [2.45, 2.75) is 231 Å². The summed E-state index contributed by atoms with van der Waals surface area (Å²) in [5.41, 5.74) is 0. The highest BCUT2D eigenvalue weighted by molar-refractivity contribution is 5.70. The molecule has 0 spiro atoms. The smallest absolute Gasteiger partial charge is 0.306 e. The number of unbranched alkanes of at least 4 members (excludes halogenated alkanes) is 25. The van der Waals surface area contributed by atoms with Crippen LogP contribution in [0.2, 0.25) is 0 Å². The lowest BCUT2D eigenvalue weighted by Crippen LogP contribution is -2.55. The highest BCUT2D eigenvalue weighted by Crippen LogP contribution is 2.15. The highest BCUT2D eigenvalue weighted by atomic mass is 16.6. The van der Waals surface area contributed by atoms with Gasteiger partial charge in [-0.05, 0) is 64.2 Å². The molecule has 0 saturated carbocycles. The third-order valence-electron chi connectivity index (χ3n) is 11.2. The van der Waals surface area contributed by atoms with Crippen LogP contribution in [-0.4, -0.2) is 75.5 Å². The molecule has 0 aliphatic carbocycles. The number of aliphatic carboxylic acids is 1. The zero-order chi connectivity index (χ0) is 44.9. The summed E-state index contributed by atoms with van der Waals surface area (Å²) >= 11 is 0. The van der Waals surface area contributed by atoms with Crippen molar-refractivity contribution in [2.75, 3.05) is 41.0 Å². The third-order valence-corrected chi connectivity index (χ3v) is 11.2. The Morgan fingerprint density at radius 3 is 1.26 bits per heavy atom. The fraction of sp³-hybridized carbons (Fsp3) is 0.792. The zero-order valence-corrected chi connectivity index (χ0v) is 40.3. The fourth-order valence-electron chi connectivity index (χ4n) is 7.29. The summed E-state index contributed by atoms with van der Waals surface area (Å²) in [4.78, 5) is 37.0. The van der Waals surface area contributed by atoms with Crippen molar-refractivity contribution in [3.8, 4) is 0 Å². The van der Waals surface area contributed by atoms with E-state index in [4.69, 9.17) is 14.2 Å². The summed E-state index contributed by atoms with van der Waals surface area (Å²) < 4.78 is 17.2. The maximum Gasteiger partial charge on any atom is 0.306 e. The van der Waals surface area contributed by atoms with E-state index in [1.807, 2.05) is 0 Å². The van der Waals surface area contributed by atoms with Gasteiger partial charge in [0.05, 0.1) is 40.3 Å². The summed E-state index contributed by atoms with van der Waals surface area (Å²) in [7, 11) is 5.41. The monoisotopic (exact) mass is 858 g/mol. The van der Waals surface area contributed by atoms with Crippen molar-refractivity contribution in [1.82, 2.24) is 0 Å². The van der Waals surface area contributed by atoms with Crippen molar-refractivity contribution < 1.29 is 38.2 Å². The molecular weight excluding hydrogens is 763 g/mol. The molecule has 0 rings (SSSR count). The number of carboxylic acids is 1. The standard InChI is InChI=1S/C53H95NO7/c1-6-8-10-12-14-16-18-20-22-24-26-28-30-32-34-36-38-40-42-44-52(56)61-49(47-59-46-45-50(53(57)58)54(3,4)5)48-60-51(55)43-41-39-37-35-33-31-29-27-25-23-21-19-17-15-13-11-9-7-2/h14,16,18,20,23,25,27,29,49-50H,6-13,15,17,19,21-22,24,26,28,30-48H2,1-5H3/b16-14+,20-18+,25-23+,29-27+. The lowest BCUT2D eigenvalue weighted by molar-refractivity contribution is -0.889. The number of allylic oxidation sites excluding steroid dienone is 8. The number of carbonyl (C=O) groups excluding carboxylic acids is 3. The topological polar surface area (TPSA) is 102 Å². The predicted molar refractivity (Wildman–Crippen MR) is 254 cm³/mol. The zero-order valence-electron chi connectivity index (χ0n) is 40.3. The molecule has 0 bridgehead atoms. The van der Waals surface area contributed by atoms with Crippen LogP contribution >= 0.6 is 0 Å². The minimum Gasteiger partial charge on any atom is -0.544 e. The van der Waals surface area contributed by atoms with Gasteiger partial charge < -0.3 is 28.6 Å². The van der Waals surface area contributed by atoms with Gasteiger partial charge in [0.1, 0.15) is 12.6 Å². The summed E-state index contributed by atoms with van der Waals surface area (Å²) in [6.45, 7) is 4.63. The summed E-state index contributed by atoms with van der Waals surface area (Å²) in [5.74, 6) is -1.75. The van der Waals surface area contributed by atoms with Gasteiger partial charge in [-0.15, -0.1) is 0 Å². The maximum atomic E-state index is 12.8. The van der Waals surface area contributed by atoms with E-state index in [9.17, 15) is 19.5 Å². The normalized spacial score (nSPS) is 13.3.